The average Bonchev–Trinajstić information content (AvgIpc) is 3.04. The minimum absolute atomic E-state index is 0.255. The Bertz CT molecular complexity index is 1030. The first-order valence-corrected chi connectivity index (χ1v) is 7.80. The number of phenolic OH excluding ortho intramolecular Hbond substituents is 1. The molecule has 0 aliphatic heterocycles. The summed E-state index contributed by atoms with van der Waals surface area (Å²) in [6.45, 7) is 1.62. The van der Waals surface area contributed by atoms with Crippen LogP contribution >= 0.6 is 0 Å². The van der Waals surface area contributed by atoms with Crippen LogP contribution in [0.4, 0.5) is 5.69 Å². The lowest BCUT2D eigenvalue weighted by molar-refractivity contribution is -0.385. The van der Waals surface area contributed by atoms with Crippen molar-refractivity contribution in [2.75, 3.05) is 0 Å². The van der Waals surface area contributed by atoms with E-state index in [1.54, 1.807) is 19.1 Å². The van der Waals surface area contributed by atoms with Crippen molar-refractivity contribution >= 4 is 17.8 Å². The fourth-order valence-electron chi connectivity index (χ4n) is 2.43. The highest BCUT2D eigenvalue weighted by Gasteiger charge is 2.21. The van der Waals surface area contributed by atoms with Gasteiger partial charge in [0.05, 0.1) is 11.1 Å². The van der Waals surface area contributed by atoms with Crippen molar-refractivity contribution < 1.29 is 19.3 Å². The van der Waals surface area contributed by atoms with E-state index in [-0.39, 0.29) is 5.56 Å². The summed E-state index contributed by atoms with van der Waals surface area (Å²) in [5, 5.41) is 28.0. The van der Waals surface area contributed by atoms with Gasteiger partial charge < -0.3 is 9.63 Å². The number of nitro groups is 1. The van der Waals surface area contributed by atoms with Crippen LogP contribution in [0.15, 0.2) is 58.2 Å². The number of carbonyl (C=O) groups excluding carboxylic acids is 1. The van der Waals surface area contributed by atoms with Crippen molar-refractivity contribution in [2.45, 2.75) is 6.92 Å². The normalized spacial score (nSPS) is 10.9. The monoisotopic (exact) mass is 366 g/mol. The molecular weight excluding hydrogens is 352 g/mol. The molecule has 27 heavy (non-hydrogen) atoms. The van der Waals surface area contributed by atoms with Crippen LogP contribution in [-0.2, 0) is 0 Å². The molecule has 9 heteroatoms. The number of benzene rings is 2. The van der Waals surface area contributed by atoms with Crippen molar-refractivity contribution in [1.29, 1.82) is 0 Å². The fourth-order valence-corrected chi connectivity index (χ4v) is 2.43. The van der Waals surface area contributed by atoms with Gasteiger partial charge >= 0.3 is 5.69 Å². The number of carbonyl (C=O) groups is 1. The third-order valence-electron chi connectivity index (χ3n) is 3.71. The molecule has 0 bridgehead atoms. The maximum atomic E-state index is 12.5. The molecular formula is C18H14N4O5. The van der Waals surface area contributed by atoms with Crippen LogP contribution in [0.25, 0.3) is 11.3 Å². The number of nitrogens with one attached hydrogen (secondary N) is 1. The summed E-state index contributed by atoms with van der Waals surface area (Å²) in [5.41, 5.74) is 3.70. The number of aromatic hydroxyl groups is 1. The van der Waals surface area contributed by atoms with Crippen molar-refractivity contribution in [2.24, 2.45) is 5.10 Å². The summed E-state index contributed by atoms with van der Waals surface area (Å²) in [6.07, 6.45) is 1.26. The number of phenols is 1. The zero-order valence-electron chi connectivity index (χ0n) is 14.1. The minimum Gasteiger partial charge on any atom is -0.502 e. The van der Waals surface area contributed by atoms with Crippen LogP contribution in [0, 0.1) is 17.0 Å². The molecule has 0 saturated heterocycles. The second kappa shape index (κ2) is 7.48. The molecule has 3 aromatic rings. The van der Waals surface area contributed by atoms with E-state index >= 15 is 0 Å². The van der Waals surface area contributed by atoms with Gasteiger partial charge in [0.15, 0.2) is 5.75 Å². The zero-order chi connectivity index (χ0) is 19.4. The smallest absolute Gasteiger partial charge is 0.310 e. The summed E-state index contributed by atoms with van der Waals surface area (Å²) < 4.78 is 5.13. The van der Waals surface area contributed by atoms with E-state index < -0.39 is 22.3 Å². The number of rotatable bonds is 5. The lowest BCUT2D eigenvalue weighted by Gasteiger charge is -2.02. The van der Waals surface area contributed by atoms with Gasteiger partial charge in [-0.2, -0.15) is 5.10 Å². The van der Waals surface area contributed by atoms with Crippen LogP contribution in [0.5, 0.6) is 5.75 Å². The Morgan fingerprint density at radius 1 is 1.30 bits per heavy atom. The SMILES string of the molecule is Cc1onc(-c2ccccc2)c1C(=O)N/N=C\c1ccc([N+](=O)[O-])c(O)c1. The van der Waals surface area contributed by atoms with E-state index in [0.717, 1.165) is 11.6 Å². The first kappa shape index (κ1) is 17.8. The van der Waals surface area contributed by atoms with E-state index in [9.17, 15) is 20.0 Å². The predicted octanol–water partition coefficient (Wildman–Crippen LogP) is 3.03. The summed E-state index contributed by atoms with van der Waals surface area (Å²) in [5.74, 6) is -0.666. The summed E-state index contributed by atoms with van der Waals surface area (Å²) in [6, 6.07) is 12.8. The number of nitro benzene ring substituents is 1. The van der Waals surface area contributed by atoms with Gasteiger partial charge in [-0.3, -0.25) is 14.9 Å². The molecule has 0 aliphatic rings. The summed E-state index contributed by atoms with van der Waals surface area (Å²) >= 11 is 0. The van der Waals surface area contributed by atoms with Gasteiger partial charge in [0.2, 0.25) is 0 Å². The maximum Gasteiger partial charge on any atom is 0.310 e. The first-order valence-electron chi connectivity index (χ1n) is 7.80. The Morgan fingerprint density at radius 3 is 2.70 bits per heavy atom. The molecule has 2 N–H and O–H groups in total. The van der Waals surface area contributed by atoms with E-state index in [1.165, 1.54) is 18.3 Å². The number of hydrogen-bond acceptors (Lipinski definition) is 7. The number of nitrogens with zero attached hydrogens (tertiary/aromatic N) is 3. The number of aryl methyl sites for hydroxylation is 1. The van der Waals surface area contributed by atoms with Crippen LogP contribution < -0.4 is 5.43 Å². The van der Waals surface area contributed by atoms with Crippen molar-refractivity contribution in [3.05, 3.63) is 75.5 Å². The van der Waals surface area contributed by atoms with Gasteiger partial charge in [-0.15, -0.1) is 0 Å². The fraction of sp³-hybridized carbons (Fsp3) is 0.0556. The molecule has 1 amide bonds. The van der Waals surface area contributed by atoms with Gasteiger partial charge in [0.25, 0.3) is 5.91 Å². The molecule has 1 heterocycles. The Hall–Kier alpha value is -4.01. The Morgan fingerprint density at radius 2 is 2.04 bits per heavy atom. The minimum atomic E-state index is -0.697. The quantitative estimate of drug-likeness (QED) is 0.405. The van der Waals surface area contributed by atoms with E-state index in [2.05, 4.69) is 15.7 Å². The lowest BCUT2D eigenvalue weighted by Crippen LogP contribution is -2.18. The summed E-state index contributed by atoms with van der Waals surface area (Å²) in [7, 11) is 0. The molecule has 0 aliphatic carbocycles. The highest BCUT2D eigenvalue weighted by Crippen LogP contribution is 2.26. The highest BCUT2D eigenvalue weighted by molar-refractivity contribution is 6.01. The first-order chi connectivity index (χ1) is 13.0. The van der Waals surface area contributed by atoms with Crippen LogP contribution in [0.3, 0.4) is 0 Å². The molecule has 0 atom stereocenters. The second-order valence-electron chi connectivity index (χ2n) is 5.53. The Labute approximate surface area is 153 Å². The van der Waals surface area contributed by atoms with E-state index in [4.69, 9.17) is 4.52 Å². The van der Waals surface area contributed by atoms with Crippen LogP contribution in [-0.4, -0.2) is 27.3 Å². The van der Waals surface area contributed by atoms with Gasteiger partial charge in [0.1, 0.15) is 17.0 Å². The van der Waals surface area contributed by atoms with E-state index in [0.29, 0.717) is 17.0 Å². The largest absolute Gasteiger partial charge is 0.502 e. The summed E-state index contributed by atoms with van der Waals surface area (Å²) in [4.78, 5) is 22.4. The number of hydrazone groups is 1. The third kappa shape index (κ3) is 3.82. The second-order valence-corrected chi connectivity index (χ2v) is 5.53. The molecule has 136 valence electrons. The van der Waals surface area contributed by atoms with Crippen LogP contribution in [0.2, 0.25) is 0 Å². The van der Waals surface area contributed by atoms with Crippen LogP contribution in [0.1, 0.15) is 21.7 Å². The number of amides is 1. The molecule has 0 saturated carbocycles. The molecule has 2 aromatic carbocycles. The number of hydrogen-bond donors (Lipinski definition) is 2. The average molecular weight is 366 g/mol. The predicted molar refractivity (Wildman–Crippen MR) is 96.5 cm³/mol. The zero-order valence-corrected chi connectivity index (χ0v) is 14.1. The molecule has 0 radical (unpaired) electrons. The molecule has 0 fully saturated rings. The highest BCUT2D eigenvalue weighted by atomic mass is 16.6. The van der Waals surface area contributed by atoms with Gasteiger partial charge in [-0.1, -0.05) is 35.5 Å². The Kier molecular flexibility index (Phi) is 4.93. The van der Waals surface area contributed by atoms with Crippen molar-refractivity contribution in [3.8, 4) is 17.0 Å². The van der Waals surface area contributed by atoms with Crippen molar-refractivity contribution in [1.82, 2.24) is 10.6 Å². The van der Waals surface area contributed by atoms with Crippen molar-refractivity contribution in [3.63, 3.8) is 0 Å². The van der Waals surface area contributed by atoms with Gasteiger partial charge in [0, 0.05) is 11.6 Å². The van der Waals surface area contributed by atoms with Gasteiger partial charge in [-0.25, -0.2) is 5.43 Å². The lowest BCUT2D eigenvalue weighted by atomic mass is 10.1. The molecule has 9 nitrogen and oxygen atoms in total. The Balaban J connectivity index is 1.77. The van der Waals surface area contributed by atoms with Gasteiger partial charge in [-0.05, 0) is 24.6 Å². The van der Waals surface area contributed by atoms with E-state index in [1.807, 2.05) is 18.2 Å². The molecule has 0 unspecified atom stereocenters. The molecule has 3 rings (SSSR count). The topological polar surface area (TPSA) is 131 Å². The number of aromatic nitrogens is 1. The maximum absolute atomic E-state index is 12.5. The molecule has 1 aromatic heterocycles. The third-order valence-corrected chi connectivity index (χ3v) is 3.71. The molecule has 0 spiro atoms. The standard InChI is InChI=1S/C18H14N4O5/c1-11-16(17(21-27-11)13-5-3-2-4-6-13)18(24)20-19-10-12-7-8-14(22(25)26)15(23)9-12/h2-10,23H,1H3,(H,20,24)/b19-10-.